The van der Waals surface area contributed by atoms with Crippen molar-refractivity contribution in [1.82, 2.24) is 20.6 Å². The number of amides is 1. The van der Waals surface area contributed by atoms with Gasteiger partial charge in [-0.3, -0.25) is 9.78 Å². The van der Waals surface area contributed by atoms with Gasteiger partial charge in [-0.15, -0.1) is 0 Å². The Bertz CT molecular complexity index is 744. The molecule has 7 nitrogen and oxygen atoms in total. The largest absolute Gasteiger partial charge is 0.490 e. The number of nitrogen functional groups attached to an aromatic ring is 1. The number of fused-ring (bicyclic) bond motifs is 1. The molecule has 2 heterocycles. The average Bonchev–Trinajstić information content (AvgIpc) is 2.63. The number of anilines is 1. The van der Waals surface area contributed by atoms with Crippen LogP contribution >= 0.6 is 15.9 Å². The van der Waals surface area contributed by atoms with Crippen molar-refractivity contribution in [3.8, 4) is 5.75 Å². The third kappa shape index (κ3) is 4.58. The summed E-state index contributed by atoms with van der Waals surface area (Å²) in [5.41, 5.74) is 7.08. The lowest BCUT2D eigenvalue weighted by atomic mass is 10.0. The number of nitrogens with one attached hydrogen (secondary N) is 2. The number of piperidine rings is 1. The van der Waals surface area contributed by atoms with Crippen molar-refractivity contribution in [2.24, 2.45) is 0 Å². The Hall–Kier alpha value is -1.93. The van der Waals surface area contributed by atoms with E-state index in [0.717, 1.165) is 35.8 Å². The second-order valence-corrected chi connectivity index (χ2v) is 6.89. The van der Waals surface area contributed by atoms with Gasteiger partial charge in [0.15, 0.2) is 5.75 Å². The first-order valence-corrected chi connectivity index (χ1v) is 9.29. The highest BCUT2D eigenvalue weighted by Gasteiger charge is 2.19. The van der Waals surface area contributed by atoms with Crippen molar-refractivity contribution in [3.05, 3.63) is 22.8 Å². The van der Waals surface area contributed by atoms with Crippen LogP contribution in [0.2, 0.25) is 0 Å². The van der Waals surface area contributed by atoms with Gasteiger partial charge in [-0.25, -0.2) is 4.98 Å². The molecule has 1 aliphatic rings. The molecule has 0 spiro atoms. The lowest BCUT2D eigenvalue weighted by molar-refractivity contribution is -0.123. The van der Waals surface area contributed by atoms with Crippen molar-refractivity contribution in [3.63, 3.8) is 0 Å². The number of ether oxygens (including phenoxy) is 1. The summed E-state index contributed by atoms with van der Waals surface area (Å²) in [6, 6.07) is 3.68. The fourth-order valence-corrected chi connectivity index (χ4v) is 3.27. The number of benzene rings is 1. The minimum absolute atomic E-state index is 0.0554. The van der Waals surface area contributed by atoms with E-state index < -0.39 is 0 Å². The summed E-state index contributed by atoms with van der Waals surface area (Å²) in [5.74, 6) is 1.05. The number of carbonyl (C=O) groups excluding carboxylic acids is 1. The Morgan fingerprint density at radius 3 is 3.12 bits per heavy atom. The quantitative estimate of drug-likeness (QED) is 0.632. The van der Waals surface area contributed by atoms with Crippen molar-refractivity contribution >= 4 is 38.7 Å². The lowest BCUT2D eigenvalue weighted by Crippen LogP contribution is -2.46. The second-order valence-electron chi connectivity index (χ2n) is 6.03. The molecule has 1 aliphatic heterocycles. The Balaban J connectivity index is 1.50. The van der Waals surface area contributed by atoms with E-state index in [1.54, 1.807) is 0 Å². The lowest BCUT2D eigenvalue weighted by Gasteiger charge is -2.22. The minimum atomic E-state index is -0.0554. The normalized spacial score (nSPS) is 17.4. The zero-order valence-electron chi connectivity index (χ0n) is 13.9. The smallest absolute Gasteiger partial charge is 0.237 e. The van der Waals surface area contributed by atoms with Crippen molar-refractivity contribution in [1.29, 1.82) is 0 Å². The second kappa shape index (κ2) is 8.44. The van der Waals surface area contributed by atoms with Gasteiger partial charge in [0.25, 0.3) is 0 Å². The maximum atomic E-state index is 12.0. The van der Waals surface area contributed by atoms with E-state index in [1.165, 1.54) is 6.20 Å². The molecule has 1 saturated heterocycles. The number of nitrogens with two attached hydrogens (primary N) is 1. The molecule has 1 atom stereocenters. The molecule has 1 fully saturated rings. The number of halogens is 1. The fourth-order valence-electron chi connectivity index (χ4n) is 2.84. The summed E-state index contributed by atoms with van der Waals surface area (Å²) in [4.78, 5) is 20.6. The SMILES string of the molecule is Nc1cnc2ccc(Br)c(OCCCNC(=O)C3CCCCN3)c2n1. The van der Waals surface area contributed by atoms with E-state index >= 15 is 0 Å². The highest BCUT2D eigenvalue weighted by molar-refractivity contribution is 9.10. The highest BCUT2D eigenvalue weighted by Crippen LogP contribution is 2.32. The van der Waals surface area contributed by atoms with Crippen molar-refractivity contribution in [2.45, 2.75) is 31.7 Å². The van der Waals surface area contributed by atoms with Crippen LogP contribution in [0.5, 0.6) is 5.75 Å². The number of hydrogen-bond acceptors (Lipinski definition) is 6. The number of carbonyl (C=O) groups is 1. The first kappa shape index (κ1) is 17.9. The molecular weight excluding hydrogens is 386 g/mol. The van der Waals surface area contributed by atoms with Crippen LogP contribution in [0, 0.1) is 0 Å². The zero-order chi connectivity index (χ0) is 17.6. The van der Waals surface area contributed by atoms with Gasteiger partial charge in [-0.1, -0.05) is 6.42 Å². The monoisotopic (exact) mass is 407 g/mol. The van der Waals surface area contributed by atoms with Gasteiger partial charge in [0, 0.05) is 6.54 Å². The van der Waals surface area contributed by atoms with Gasteiger partial charge >= 0.3 is 0 Å². The molecule has 2 aromatic rings. The molecule has 4 N–H and O–H groups in total. The molecule has 0 saturated carbocycles. The van der Waals surface area contributed by atoms with Gasteiger partial charge < -0.3 is 21.1 Å². The molecule has 1 aromatic heterocycles. The van der Waals surface area contributed by atoms with Gasteiger partial charge in [0.2, 0.25) is 5.91 Å². The van der Waals surface area contributed by atoms with E-state index in [4.69, 9.17) is 10.5 Å². The third-order valence-corrected chi connectivity index (χ3v) is 4.76. The van der Waals surface area contributed by atoms with Crippen LogP contribution in [-0.4, -0.2) is 41.6 Å². The summed E-state index contributed by atoms with van der Waals surface area (Å²) >= 11 is 3.47. The number of rotatable bonds is 6. The van der Waals surface area contributed by atoms with Crippen LogP contribution in [0.3, 0.4) is 0 Å². The predicted molar refractivity (Wildman–Crippen MR) is 100 cm³/mol. The molecular formula is C17H22BrN5O2. The summed E-state index contributed by atoms with van der Waals surface area (Å²) in [5, 5.41) is 6.20. The van der Waals surface area contributed by atoms with Crippen molar-refractivity contribution < 1.29 is 9.53 Å². The number of hydrogen-bond donors (Lipinski definition) is 3. The topological polar surface area (TPSA) is 102 Å². The molecule has 1 amide bonds. The summed E-state index contributed by atoms with van der Waals surface area (Å²) in [6.07, 6.45) is 5.38. The molecule has 1 aromatic carbocycles. The maximum Gasteiger partial charge on any atom is 0.237 e. The average molecular weight is 408 g/mol. The standard InChI is InChI=1S/C17H22BrN5O2/c18-11-5-6-12-15(23-14(19)10-22-12)16(11)25-9-3-8-21-17(24)13-4-1-2-7-20-13/h5-6,10,13,20H,1-4,7-9H2,(H2,19,23)(H,21,24). The molecule has 0 bridgehead atoms. The Morgan fingerprint density at radius 2 is 2.32 bits per heavy atom. The molecule has 3 rings (SSSR count). The van der Waals surface area contributed by atoms with E-state index in [0.29, 0.717) is 36.7 Å². The first-order valence-electron chi connectivity index (χ1n) is 8.50. The summed E-state index contributed by atoms with van der Waals surface area (Å²) in [7, 11) is 0. The number of nitrogens with zero attached hydrogens (tertiary/aromatic N) is 2. The first-order chi connectivity index (χ1) is 12.1. The van der Waals surface area contributed by atoms with Crippen LogP contribution in [-0.2, 0) is 4.79 Å². The van der Waals surface area contributed by atoms with Crippen LogP contribution in [0.1, 0.15) is 25.7 Å². The van der Waals surface area contributed by atoms with Crippen molar-refractivity contribution in [2.75, 3.05) is 25.4 Å². The molecule has 8 heteroatoms. The van der Waals surface area contributed by atoms with Gasteiger partial charge in [0.1, 0.15) is 11.3 Å². The Morgan fingerprint density at radius 1 is 1.44 bits per heavy atom. The fraction of sp³-hybridized carbons (Fsp3) is 0.471. The molecule has 1 unspecified atom stereocenters. The Labute approximate surface area is 154 Å². The van der Waals surface area contributed by atoms with E-state index in [-0.39, 0.29) is 11.9 Å². The molecule has 25 heavy (non-hydrogen) atoms. The predicted octanol–water partition coefficient (Wildman–Crippen LogP) is 2.00. The van der Waals surface area contributed by atoms with E-state index in [1.807, 2.05) is 12.1 Å². The van der Waals surface area contributed by atoms with E-state index in [2.05, 4.69) is 36.5 Å². The van der Waals surface area contributed by atoms with Gasteiger partial charge in [-0.2, -0.15) is 0 Å². The molecule has 134 valence electrons. The maximum absolute atomic E-state index is 12.0. The third-order valence-electron chi connectivity index (χ3n) is 4.13. The highest BCUT2D eigenvalue weighted by atomic mass is 79.9. The van der Waals surface area contributed by atoms with Gasteiger partial charge in [0.05, 0.1) is 28.8 Å². The molecule has 0 radical (unpaired) electrons. The Kier molecular flexibility index (Phi) is 6.04. The van der Waals surface area contributed by atoms with Gasteiger partial charge in [-0.05, 0) is 53.9 Å². The number of aromatic nitrogens is 2. The van der Waals surface area contributed by atoms with Crippen LogP contribution in [0.4, 0.5) is 5.82 Å². The van der Waals surface area contributed by atoms with E-state index in [9.17, 15) is 4.79 Å². The van der Waals surface area contributed by atoms with Crippen LogP contribution < -0.4 is 21.1 Å². The summed E-state index contributed by atoms with van der Waals surface area (Å²) in [6.45, 7) is 1.96. The molecule has 0 aliphatic carbocycles. The van der Waals surface area contributed by atoms with Crippen LogP contribution in [0.15, 0.2) is 22.8 Å². The minimum Gasteiger partial charge on any atom is -0.490 e. The zero-order valence-corrected chi connectivity index (χ0v) is 15.5. The van der Waals surface area contributed by atoms with Crippen LogP contribution in [0.25, 0.3) is 11.0 Å². The summed E-state index contributed by atoms with van der Waals surface area (Å²) < 4.78 is 6.66.